The summed E-state index contributed by atoms with van der Waals surface area (Å²) in [6.45, 7) is 2.01. The lowest BCUT2D eigenvalue weighted by Gasteiger charge is -2.15. The topological polar surface area (TPSA) is 55.1 Å². The van der Waals surface area contributed by atoms with Gasteiger partial charge < -0.3 is 11.1 Å². The largest absolute Gasteiger partial charge is 0.366 e. The van der Waals surface area contributed by atoms with Crippen LogP contribution in [-0.2, 0) is 6.54 Å². The Kier molecular flexibility index (Phi) is 3.39. The molecule has 0 bridgehead atoms. The van der Waals surface area contributed by atoms with Gasteiger partial charge in [-0.25, -0.2) is 0 Å². The van der Waals surface area contributed by atoms with Gasteiger partial charge in [0.15, 0.2) is 0 Å². The van der Waals surface area contributed by atoms with Gasteiger partial charge >= 0.3 is 0 Å². The van der Waals surface area contributed by atoms with Gasteiger partial charge in [0.2, 0.25) is 5.91 Å². The minimum absolute atomic E-state index is 0.327. The molecule has 3 N–H and O–H groups in total. The van der Waals surface area contributed by atoms with Crippen LogP contribution in [0, 0.1) is 17.8 Å². The van der Waals surface area contributed by atoms with E-state index in [0.717, 1.165) is 30.8 Å². The van der Waals surface area contributed by atoms with Crippen molar-refractivity contribution in [2.24, 2.45) is 23.5 Å². The summed E-state index contributed by atoms with van der Waals surface area (Å²) in [5.74, 6) is 2.57. The van der Waals surface area contributed by atoms with Crippen molar-refractivity contribution in [1.29, 1.82) is 0 Å². The van der Waals surface area contributed by atoms with Crippen molar-refractivity contribution in [3.05, 3.63) is 21.9 Å². The van der Waals surface area contributed by atoms with Crippen LogP contribution in [0.15, 0.2) is 11.4 Å². The van der Waals surface area contributed by atoms with Gasteiger partial charge in [0.25, 0.3) is 0 Å². The number of thiophene rings is 1. The summed E-state index contributed by atoms with van der Waals surface area (Å²) < 4.78 is 0. The molecule has 2 fully saturated rings. The van der Waals surface area contributed by atoms with E-state index in [9.17, 15) is 4.79 Å². The molecule has 0 radical (unpaired) electrons. The van der Waals surface area contributed by atoms with E-state index >= 15 is 0 Å². The van der Waals surface area contributed by atoms with Crippen LogP contribution in [0.25, 0.3) is 0 Å². The number of nitrogens with one attached hydrogen (secondary N) is 1. The molecule has 1 aromatic rings. The first-order valence-corrected chi connectivity index (χ1v) is 7.70. The fourth-order valence-corrected chi connectivity index (χ4v) is 3.57. The van der Waals surface area contributed by atoms with E-state index in [1.165, 1.54) is 30.6 Å². The third-order valence-corrected chi connectivity index (χ3v) is 5.01. The Bertz CT molecular complexity index is 423. The van der Waals surface area contributed by atoms with Crippen LogP contribution in [0.3, 0.4) is 0 Å². The van der Waals surface area contributed by atoms with E-state index in [4.69, 9.17) is 5.73 Å². The van der Waals surface area contributed by atoms with Crippen molar-refractivity contribution in [3.63, 3.8) is 0 Å². The van der Waals surface area contributed by atoms with Gasteiger partial charge in [-0.15, -0.1) is 11.3 Å². The SMILES string of the molecule is NC(=O)c1csc(CNCC(C2CC2)C2CC2)c1. The predicted octanol–water partition coefficient (Wildman–Crippen LogP) is 2.37. The van der Waals surface area contributed by atoms with Crippen LogP contribution in [0.2, 0.25) is 0 Å². The Morgan fingerprint density at radius 3 is 2.56 bits per heavy atom. The summed E-state index contributed by atoms with van der Waals surface area (Å²) in [6, 6.07) is 1.91. The molecule has 0 aromatic carbocycles. The molecule has 0 unspecified atom stereocenters. The Morgan fingerprint density at radius 2 is 2.06 bits per heavy atom. The highest BCUT2D eigenvalue weighted by molar-refractivity contribution is 7.10. The summed E-state index contributed by atoms with van der Waals surface area (Å²) in [4.78, 5) is 12.2. The van der Waals surface area contributed by atoms with Crippen LogP contribution >= 0.6 is 11.3 Å². The number of carbonyl (C=O) groups excluding carboxylic acids is 1. The molecule has 2 aliphatic rings. The molecule has 3 rings (SSSR count). The predicted molar refractivity (Wildman–Crippen MR) is 73.5 cm³/mol. The number of amides is 1. The molecular weight excluding hydrogens is 244 g/mol. The molecule has 0 spiro atoms. The summed E-state index contributed by atoms with van der Waals surface area (Å²) >= 11 is 1.61. The van der Waals surface area contributed by atoms with Gasteiger partial charge in [-0.05, 0) is 56.0 Å². The first-order valence-electron chi connectivity index (χ1n) is 6.82. The average molecular weight is 264 g/mol. The van der Waals surface area contributed by atoms with Crippen LogP contribution in [0.5, 0.6) is 0 Å². The summed E-state index contributed by atoms with van der Waals surface area (Å²) in [7, 11) is 0. The molecule has 2 aliphatic carbocycles. The van der Waals surface area contributed by atoms with Crippen LogP contribution < -0.4 is 11.1 Å². The minimum Gasteiger partial charge on any atom is -0.366 e. The van der Waals surface area contributed by atoms with E-state index in [0.29, 0.717) is 5.56 Å². The maximum Gasteiger partial charge on any atom is 0.249 e. The Morgan fingerprint density at radius 1 is 1.39 bits per heavy atom. The smallest absolute Gasteiger partial charge is 0.249 e. The van der Waals surface area contributed by atoms with Crippen molar-refractivity contribution >= 4 is 17.2 Å². The van der Waals surface area contributed by atoms with E-state index < -0.39 is 0 Å². The summed E-state index contributed by atoms with van der Waals surface area (Å²) in [5.41, 5.74) is 5.88. The van der Waals surface area contributed by atoms with Gasteiger partial charge in [0, 0.05) is 16.8 Å². The molecule has 1 amide bonds. The quantitative estimate of drug-likeness (QED) is 0.794. The molecular formula is C14H20N2OS. The molecule has 0 aliphatic heterocycles. The zero-order valence-corrected chi connectivity index (χ0v) is 11.3. The second kappa shape index (κ2) is 5.02. The highest BCUT2D eigenvalue weighted by Gasteiger charge is 2.40. The first kappa shape index (κ1) is 12.2. The molecule has 1 heterocycles. The second-order valence-electron chi connectivity index (χ2n) is 5.64. The monoisotopic (exact) mass is 264 g/mol. The van der Waals surface area contributed by atoms with Crippen LogP contribution in [0.1, 0.15) is 40.9 Å². The zero-order valence-electron chi connectivity index (χ0n) is 10.5. The number of primary amides is 1. The van der Waals surface area contributed by atoms with Crippen LogP contribution in [0.4, 0.5) is 0 Å². The maximum absolute atomic E-state index is 11.0. The lowest BCUT2D eigenvalue weighted by Crippen LogP contribution is -2.25. The second-order valence-corrected chi connectivity index (χ2v) is 6.63. The average Bonchev–Trinajstić information content (AvgIpc) is 3.25. The highest BCUT2D eigenvalue weighted by Crippen LogP contribution is 2.48. The van der Waals surface area contributed by atoms with Gasteiger partial charge in [-0.3, -0.25) is 4.79 Å². The van der Waals surface area contributed by atoms with Crippen LogP contribution in [-0.4, -0.2) is 12.5 Å². The number of hydrogen-bond donors (Lipinski definition) is 2. The van der Waals surface area contributed by atoms with Gasteiger partial charge in [0.1, 0.15) is 0 Å². The molecule has 1 aromatic heterocycles. The standard InChI is InChI=1S/C14H20N2OS/c15-14(17)11-5-12(18-8-11)6-16-7-13(9-1-2-9)10-3-4-10/h5,8-10,13,16H,1-4,6-7H2,(H2,15,17). The third kappa shape index (κ3) is 2.93. The first-order chi connectivity index (χ1) is 8.74. The zero-order chi connectivity index (χ0) is 12.5. The summed E-state index contributed by atoms with van der Waals surface area (Å²) in [5, 5.41) is 5.40. The molecule has 2 saturated carbocycles. The number of nitrogens with two attached hydrogens (primary N) is 1. The fourth-order valence-electron chi connectivity index (χ4n) is 2.73. The van der Waals surface area contributed by atoms with Crippen molar-refractivity contribution in [1.82, 2.24) is 5.32 Å². The van der Waals surface area contributed by atoms with Crippen molar-refractivity contribution < 1.29 is 4.79 Å². The molecule has 4 heteroatoms. The van der Waals surface area contributed by atoms with Gasteiger partial charge in [-0.1, -0.05) is 0 Å². The lowest BCUT2D eigenvalue weighted by molar-refractivity contribution is 0.100. The maximum atomic E-state index is 11.0. The number of hydrogen-bond acceptors (Lipinski definition) is 3. The molecule has 3 nitrogen and oxygen atoms in total. The Labute approximate surface area is 112 Å². The number of carbonyl (C=O) groups is 1. The van der Waals surface area contributed by atoms with E-state index in [1.54, 1.807) is 11.3 Å². The molecule has 18 heavy (non-hydrogen) atoms. The van der Waals surface area contributed by atoms with Crippen molar-refractivity contribution in [3.8, 4) is 0 Å². The lowest BCUT2D eigenvalue weighted by atomic mass is 9.98. The summed E-state index contributed by atoms with van der Waals surface area (Å²) in [6.07, 6.45) is 5.75. The third-order valence-electron chi connectivity index (χ3n) is 4.07. The van der Waals surface area contributed by atoms with Crippen molar-refractivity contribution in [2.75, 3.05) is 6.54 Å². The molecule has 0 atom stereocenters. The minimum atomic E-state index is -0.327. The fraction of sp³-hybridized carbons (Fsp3) is 0.643. The van der Waals surface area contributed by atoms with E-state index in [-0.39, 0.29) is 5.91 Å². The molecule has 98 valence electrons. The van der Waals surface area contributed by atoms with Crippen molar-refractivity contribution in [2.45, 2.75) is 32.2 Å². The van der Waals surface area contributed by atoms with Gasteiger partial charge in [0.05, 0.1) is 5.56 Å². The normalized spacial score (nSPS) is 19.4. The number of rotatable bonds is 7. The highest BCUT2D eigenvalue weighted by atomic mass is 32.1. The Hall–Kier alpha value is -0.870. The van der Waals surface area contributed by atoms with Gasteiger partial charge in [-0.2, -0.15) is 0 Å². The van der Waals surface area contributed by atoms with E-state index in [1.807, 2.05) is 11.4 Å². The molecule has 0 saturated heterocycles. The Balaban J connectivity index is 1.46. The van der Waals surface area contributed by atoms with E-state index in [2.05, 4.69) is 5.32 Å².